The number of nitrogens with zero attached hydrogens (tertiary/aromatic N) is 1. The third-order valence-corrected chi connectivity index (χ3v) is 3.78. The van der Waals surface area contributed by atoms with Crippen molar-refractivity contribution in [3.63, 3.8) is 0 Å². The molecule has 0 aliphatic heterocycles. The number of aromatic amines is 1. The molecule has 21 heavy (non-hydrogen) atoms. The highest BCUT2D eigenvalue weighted by atomic mass is 16.3. The van der Waals surface area contributed by atoms with Gasteiger partial charge in [0.05, 0.1) is 11.8 Å². The molecule has 0 saturated carbocycles. The summed E-state index contributed by atoms with van der Waals surface area (Å²) >= 11 is 0. The van der Waals surface area contributed by atoms with Gasteiger partial charge >= 0.3 is 0 Å². The second kappa shape index (κ2) is 7.07. The predicted octanol–water partition coefficient (Wildman–Crippen LogP) is 2.43. The van der Waals surface area contributed by atoms with E-state index in [1.807, 2.05) is 34.6 Å². The zero-order valence-corrected chi connectivity index (χ0v) is 14.1. The Morgan fingerprint density at radius 3 is 2.48 bits per heavy atom. The van der Waals surface area contributed by atoms with Crippen LogP contribution in [-0.2, 0) is 4.79 Å². The summed E-state index contributed by atoms with van der Waals surface area (Å²) in [6.07, 6.45) is 0.765. The van der Waals surface area contributed by atoms with Gasteiger partial charge in [0.25, 0.3) is 0 Å². The SMILES string of the molecule is Cc1n[nH]c(C)c1C(C)CC(=O)NCC(C)(C)CC(C)O. The molecule has 120 valence electrons. The molecule has 2 unspecified atom stereocenters. The molecule has 0 saturated heterocycles. The Kier molecular flexibility index (Phi) is 5.96. The van der Waals surface area contributed by atoms with E-state index >= 15 is 0 Å². The van der Waals surface area contributed by atoms with E-state index in [1.165, 1.54) is 0 Å². The number of aryl methyl sites for hydroxylation is 2. The van der Waals surface area contributed by atoms with Gasteiger partial charge < -0.3 is 10.4 Å². The first-order valence-corrected chi connectivity index (χ1v) is 7.58. The van der Waals surface area contributed by atoms with Crippen molar-refractivity contribution in [3.05, 3.63) is 17.0 Å². The average Bonchev–Trinajstić information content (AvgIpc) is 2.65. The number of amides is 1. The zero-order valence-electron chi connectivity index (χ0n) is 14.1. The smallest absolute Gasteiger partial charge is 0.220 e. The number of nitrogens with one attached hydrogen (secondary N) is 2. The van der Waals surface area contributed by atoms with Crippen molar-refractivity contribution >= 4 is 5.91 Å². The molecule has 5 nitrogen and oxygen atoms in total. The quantitative estimate of drug-likeness (QED) is 0.723. The van der Waals surface area contributed by atoms with E-state index in [0.29, 0.717) is 19.4 Å². The van der Waals surface area contributed by atoms with Crippen molar-refractivity contribution in [1.29, 1.82) is 0 Å². The fourth-order valence-corrected chi connectivity index (χ4v) is 2.95. The molecule has 0 bridgehead atoms. The molecule has 1 amide bonds. The maximum atomic E-state index is 12.1. The molecule has 0 fully saturated rings. The summed E-state index contributed by atoms with van der Waals surface area (Å²) < 4.78 is 0. The lowest BCUT2D eigenvalue weighted by Crippen LogP contribution is -2.36. The van der Waals surface area contributed by atoms with Gasteiger partial charge in [-0.3, -0.25) is 9.89 Å². The monoisotopic (exact) mass is 295 g/mol. The summed E-state index contributed by atoms with van der Waals surface area (Å²) in [5.74, 6) is 0.185. The van der Waals surface area contributed by atoms with Crippen molar-refractivity contribution < 1.29 is 9.90 Å². The molecule has 2 atom stereocenters. The van der Waals surface area contributed by atoms with Crippen LogP contribution < -0.4 is 5.32 Å². The van der Waals surface area contributed by atoms with E-state index < -0.39 is 0 Å². The Hall–Kier alpha value is -1.36. The van der Waals surface area contributed by atoms with Crippen LogP contribution in [0.4, 0.5) is 0 Å². The maximum absolute atomic E-state index is 12.1. The van der Waals surface area contributed by atoms with Gasteiger partial charge in [-0.2, -0.15) is 5.10 Å². The van der Waals surface area contributed by atoms with Crippen molar-refractivity contribution in [2.75, 3.05) is 6.54 Å². The van der Waals surface area contributed by atoms with E-state index in [-0.39, 0.29) is 23.3 Å². The molecule has 3 N–H and O–H groups in total. The molecule has 0 spiro atoms. The van der Waals surface area contributed by atoms with Gasteiger partial charge in [-0.05, 0) is 44.1 Å². The van der Waals surface area contributed by atoms with Crippen LogP contribution in [0.5, 0.6) is 0 Å². The van der Waals surface area contributed by atoms with Crippen molar-refractivity contribution in [2.24, 2.45) is 5.41 Å². The second-order valence-corrected chi connectivity index (χ2v) is 6.95. The summed E-state index contributed by atoms with van der Waals surface area (Å²) in [5.41, 5.74) is 3.02. The largest absolute Gasteiger partial charge is 0.393 e. The molecule has 0 aliphatic rings. The lowest BCUT2D eigenvalue weighted by atomic mass is 9.87. The number of carbonyl (C=O) groups excluding carboxylic acids is 1. The number of carbonyl (C=O) groups is 1. The number of hydrogen-bond donors (Lipinski definition) is 3. The first kappa shape index (κ1) is 17.7. The maximum Gasteiger partial charge on any atom is 0.220 e. The van der Waals surface area contributed by atoms with Crippen LogP contribution in [0.25, 0.3) is 0 Å². The third-order valence-electron chi connectivity index (χ3n) is 3.78. The molecule has 0 aromatic carbocycles. The Morgan fingerprint density at radius 2 is 2.00 bits per heavy atom. The number of aliphatic hydroxyl groups is 1. The van der Waals surface area contributed by atoms with E-state index in [2.05, 4.69) is 15.5 Å². The zero-order chi connectivity index (χ0) is 16.2. The van der Waals surface area contributed by atoms with Crippen LogP contribution in [0.3, 0.4) is 0 Å². The average molecular weight is 295 g/mol. The van der Waals surface area contributed by atoms with Crippen LogP contribution in [0, 0.1) is 19.3 Å². The standard InChI is InChI=1S/C16H29N3O2/c1-10(15-12(3)18-19-13(15)4)7-14(21)17-9-16(5,6)8-11(2)20/h10-11,20H,7-9H2,1-6H3,(H,17,21)(H,18,19). The lowest BCUT2D eigenvalue weighted by Gasteiger charge is -2.26. The summed E-state index contributed by atoms with van der Waals surface area (Å²) in [5, 5.41) is 19.6. The topological polar surface area (TPSA) is 78.0 Å². The summed E-state index contributed by atoms with van der Waals surface area (Å²) in [6.45, 7) is 12.4. The third kappa shape index (κ3) is 5.50. The van der Waals surface area contributed by atoms with Gasteiger partial charge in [0.2, 0.25) is 5.91 Å². The van der Waals surface area contributed by atoms with Crippen molar-refractivity contribution in [1.82, 2.24) is 15.5 Å². The van der Waals surface area contributed by atoms with Crippen LogP contribution >= 0.6 is 0 Å². The number of aliphatic hydroxyl groups excluding tert-OH is 1. The van der Waals surface area contributed by atoms with E-state index in [1.54, 1.807) is 6.92 Å². The predicted molar refractivity (Wildman–Crippen MR) is 84.2 cm³/mol. The molecule has 1 aromatic rings. The Labute approximate surface area is 127 Å². The van der Waals surface area contributed by atoms with Gasteiger partial charge in [0.1, 0.15) is 0 Å². The Balaban J connectivity index is 2.51. The lowest BCUT2D eigenvalue weighted by molar-refractivity contribution is -0.121. The minimum absolute atomic E-state index is 0.0427. The van der Waals surface area contributed by atoms with Crippen molar-refractivity contribution in [2.45, 2.75) is 66.4 Å². The molecule has 1 rings (SSSR count). The summed E-state index contributed by atoms with van der Waals surface area (Å²) in [6, 6.07) is 0. The van der Waals surface area contributed by atoms with Gasteiger partial charge in [0, 0.05) is 18.7 Å². The van der Waals surface area contributed by atoms with Gasteiger partial charge in [0.15, 0.2) is 0 Å². The fourth-order valence-electron chi connectivity index (χ4n) is 2.95. The molecule has 0 radical (unpaired) electrons. The molecule has 5 heteroatoms. The van der Waals surface area contributed by atoms with Gasteiger partial charge in [-0.15, -0.1) is 0 Å². The minimum Gasteiger partial charge on any atom is -0.393 e. The Morgan fingerprint density at radius 1 is 1.38 bits per heavy atom. The van der Waals surface area contributed by atoms with E-state index in [4.69, 9.17) is 0 Å². The van der Waals surface area contributed by atoms with Crippen LogP contribution in [-0.4, -0.2) is 33.9 Å². The normalized spacial score (nSPS) is 14.8. The van der Waals surface area contributed by atoms with E-state index in [0.717, 1.165) is 17.0 Å². The molecular weight excluding hydrogens is 266 g/mol. The number of H-pyrrole nitrogens is 1. The van der Waals surface area contributed by atoms with Crippen molar-refractivity contribution in [3.8, 4) is 0 Å². The first-order chi connectivity index (χ1) is 9.62. The first-order valence-electron chi connectivity index (χ1n) is 7.58. The number of rotatable bonds is 7. The summed E-state index contributed by atoms with van der Waals surface area (Å²) in [4.78, 5) is 12.1. The second-order valence-electron chi connectivity index (χ2n) is 6.95. The van der Waals surface area contributed by atoms with Crippen LogP contribution in [0.2, 0.25) is 0 Å². The highest BCUT2D eigenvalue weighted by molar-refractivity contribution is 5.77. The van der Waals surface area contributed by atoms with E-state index in [9.17, 15) is 9.90 Å². The minimum atomic E-state index is -0.355. The Bertz CT molecular complexity index is 458. The molecule has 1 heterocycles. The van der Waals surface area contributed by atoms with Crippen LogP contribution in [0.15, 0.2) is 0 Å². The fraction of sp³-hybridized carbons (Fsp3) is 0.750. The number of aromatic nitrogens is 2. The van der Waals surface area contributed by atoms with Gasteiger partial charge in [-0.25, -0.2) is 0 Å². The highest BCUT2D eigenvalue weighted by Crippen LogP contribution is 2.25. The molecule has 1 aromatic heterocycles. The van der Waals surface area contributed by atoms with Crippen LogP contribution in [0.1, 0.15) is 63.4 Å². The molecular formula is C16H29N3O2. The summed E-state index contributed by atoms with van der Waals surface area (Å²) in [7, 11) is 0. The number of hydrogen-bond acceptors (Lipinski definition) is 3. The molecule has 0 aliphatic carbocycles. The van der Waals surface area contributed by atoms with Gasteiger partial charge in [-0.1, -0.05) is 20.8 Å². The highest BCUT2D eigenvalue weighted by Gasteiger charge is 2.22.